The summed E-state index contributed by atoms with van der Waals surface area (Å²) in [5, 5.41) is 10.7. The molecule has 33 heavy (non-hydrogen) atoms. The smallest absolute Gasteiger partial charge is 0.412 e. The van der Waals surface area contributed by atoms with Gasteiger partial charge in [-0.3, -0.25) is 14.8 Å². The third kappa shape index (κ3) is 4.33. The van der Waals surface area contributed by atoms with Gasteiger partial charge >= 0.3 is 6.18 Å². The van der Waals surface area contributed by atoms with Crippen molar-refractivity contribution in [2.75, 3.05) is 0 Å². The predicted molar refractivity (Wildman–Crippen MR) is 113 cm³/mol. The van der Waals surface area contributed by atoms with E-state index < -0.39 is 24.0 Å². The molecule has 0 aliphatic carbocycles. The number of aromatic nitrogens is 1. The van der Waals surface area contributed by atoms with Crippen molar-refractivity contribution in [1.82, 2.24) is 15.4 Å². The molecule has 2 aromatic carbocycles. The van der Waals surface area contributed by atoms with Crippen LogP contribution in [-0.4, -0.2) is 27.8 Å². The first-order chi connectivity index (χ1) is 15.7. The number of hydroxylamine groups is 1. The summed E-state index contributed by atoms with van der Waals surface area (Å²) in [7, 11) is 1.56. The minimum atomic E-state index is -4.79. The number of furan rings is 1. The Morgan fingerprint density at radius 3 is 2.24 bits per heavy atom. The van der Waals surface area contributed by atoms with E-state index in [1.165, 1.54) is 16.1 Å². The normalized spacial score (nSPS) is 12.5. The first-order valence-corrected chi connectivity index (χ1v) is 9.75. The number of amides is 2. The van der Waals surface area contributed by atoms with Crippen LogP contribution in [0.4, 0.5) is 13.2 Å². The molecule has 0 radical (unpaired) electrons. The minimum Gasteiger partial charge on any atom is -0.454 e. The topological polar surface area (TPSA) is 96.5 Å². The molecule has 7 nitrogen and oxygen atoms in total. The molecular weight excluding hydrogens is 439 g/mol. The number of fused-ring (bicyclic) bond motifs is 1. The lowest BCUT2D eigenvalue weighted by atomic mass is 10.0. The zero-order valence-electron chi connectivity index (χ0n) is 17.2. The van der Waals surface area contributed by atoms with E-state index in [9.17, 15) is 22.8 Å². The van der Waals surface area contributed by atoms with Crippen LogP contribution in [0.1, 0.15) is 32.5 Å². The zero-order chi connectivity index (χ0) is 23.8. The number of hydrogen-bond acceptors (Lipinski definition) is 4. The van der Waals surface area contributed by atoms with Crippen molar-refractivity contribution in [1.29, 1.82) is 0 Å². The van der Waals surface area contributed by atoms with Gasteiger partial charge in [0, 0.05) is 30.3 Å². The van der Waals surface area contributed by atoms with Crippen LogP contribution in [0, 0.1) is 0 Å². The van der Waals surface area contributed by atoms with Crippen molar-refractivity contribution in [3.63, 3.8) is 0 Å². The van der Waals surface area contributed by atoms with Gasteiger partial charge < -0.3 is 14.3 Å². The van der Waals surface area contributed by atoms with Gasteiger partial charge in [0.1, 0.15) is 11.5 Å². The van der Waals surface area contributed by atoms with Gasteiger partial charge in [-0.2, -0.15) is 13.2 Å². The van der Waals surface area contributed by atoms with Crippen molar-refractivity contribution in [3.8, 4) is 11.3 Å². The van der Waals surface area contributed by atoms with Crippen molar-refractivity contribution in [2.24, 2.45) is 7.05 Å². The highest BCUT2D eigenvalue weighted by Crippen LogP contribution is 2.34. The SMILES string of the molecule is Cn1c(C(=O)N[C@@H](c2ccc(C(=O)NO)cc2)C(F)(F)F)cc2oc(-c3ccccc3)cc21. The van der Waals surface area contributed by atoms with Crippen LogP contribution < -0.4 is 10.8 Å². The molecule has 2 heterocycles. The molecule has 0 fully saturated rings. The zero-order valence-corrected chi connectivity index (χ0v) is 17.2. The standard InChI is InChI=1S/C23H18F3N3O4/c1-29-16-11-18(13-5-3-2-4-6-13)33-19(16)12-17(29)22(31)27-20(23(24,25)26)14-7-9-15(10-8-14)21(30)28-32/h2-12,20,32H,1H3,(H,27,31)(H,28,30)/t20-/m0/s1. The third-order valence-electron chi connectivity index (χ3n) is 5.23. The number of carbonyl (C=O) groups is 2. The predicted octanol–water partition coefficient (Wildman–Crippen LogP) is 4.59. The number of nitrogens with one attached hydrogen (secondary N) is 2. The van der Waals surface area contributed by atoms with E-state index in [-0.39, 0.29) is 16.8 Å². The Morgan fingerprint density at radius 1 is 1.00 bits per heavy atom. The van der Waals surface area contributed by atoms with E-state index in [0.29, 0.717) is 16.9 Å². The van der Waals surface area contributed by atoms with Gasteiger partial charge in [0.25, 0.3) is 11.8 Å². The molecule has 1 atom stereocenters. The fourth-order valence-corrected chi connectivity index (χ4v) is 3.53. The fraction of sp³-hybridized carbons (Fsp3) is 0.130. The number of halogens is 3. The highest BCUT2D eigenvalue weighted by molar-refractivity contribution is 5.98. The van der Waals surface area contributed by atoms with E-state index in [0.717, 1.165) is 29.8 Å². The molecule has 0 unspecified atom stereocenters. The fourth-order valence-electron chi connectivity index (χ4n) is 3.53. The van der Waals surface area contributed by atoms with E-state index in [2.05, 4.69) is 0 Å². The largest absolute Gasteiger partial charge is 0.454 e. The lowest BCUT2D eigenvalue weighted by Crippen LogP contribution is -2.38. The van der Waals surface area contributed by atoms with E-state index in [1.54, 1.807) is 13.1 Å². The van der Waals surface area contributed by atoms with Crippen molar-refractivity contribution >= 4 is 22.9 Å². The van der Waals surface area contributed by atoms with Crippen LogP contribution in [0.2, 0.25) is 0 Å². The molecule has 2 amide bonds. The second-order valence-electron chi connectivity index (χ2n) is 7.33. The van der Waals surface area contributed by atoms with Gasteiger partial charge in [0.15, 0.2) is 11.6 Å². The van der Waals surface area contributed by atoms with Gasteiger partial charge in [-0.15, -0.1) is 0 Å². The Balaban J connectivity index is 1.61. The number of hydrogen-bond donors (Lipinski definition) is 3. The van der Waals surface area contributed by atoms with Gasteiger partial charge in [-0.25, -0.2) is 5.48 Å². The van der Waals surface area contributed by atoms with Crippen LogP contribution in [0.5, 0.6) is 0 Å². The Hall–Kier alpha value is -4.05. The van der Waals surface area contributed by atoms with E-state index in [4.69, 9.17) is 9.62 Å². The molecule has 2 aromatic heterocycles. The summed E-state index contributed by atoms with van der Waals surface area (Å²) in [6.07, 6.45) is -4.79. The van der Waals surface area contributed by atoms with Crippen LogP contribution in [-0.2, 0) is 7.05 Å². The third-order valence-corrected chi connectivity index (χ3v) is 5.23. The van der Waals surface area contributed by atoms with Crippen LogP contribution >= 0.6 is 0 Å². The summed E-state index contributed by atoms with van der Waals surface area (Å²) in [4.78, 5) is 24.2. The molecule has 0 aliphatic heterocycles. The second kappa shape index (κ2) is 8.47. The molecule has 0 bridgehead atoms. The molecule has 10 heteroatoms. The quantitative estimate of drug-likeness (QED) is 0.302. The van der Waals surface area contributed by atoms with Crippen molar-refractivity contribution in [3.05, 3.63) is 83.6 Å². The molecule has 170 valence electrons. The Bertz CT molecular complexity index is 1310. The number of aryl methyl sites for hydroxylation is 1. The second-order valence-corrected chi connectivity index (χ2v) is 7.33. The Morgan fingerprint density at radius 2 is 1.67 bits per heavy atom. The Kier molecular flexibility index (Phi) is 5.69. The molecule has 0 aliphatic rings. The number of nitrogens with zero attached hydrogens (tertiary/aromatic N) is 1. The maximum Gasteiger partial charge on any atom is 0.412 e. The minimum absolute atomic E-state index is 0.00566. The number of carbonyl (C=O) groups excluding carboxylic acids is 2. The summed E-state index contributed by atoms with van der Waals surface area (Å²) in [5.74, 6) is -1.23. The molecule has 3 N–H and O–H groups in total. The number of alkyl halides is 3. The Labute approximate surface area is 185 Å². The van der Waals surface area contributed by atoms with Crippen LogP contribution in [0.3, 0.4) is 0 Å². The van der Waals surface area contributed by atoms with E-state index in [1.807, 2.05) is 35.6 Å². The van der Waals surface area contributed by atoms with Crippen LogP contribution in [0.25, 0.3) is 22.4 Å². The van der Waals surface area contributed by atoms with Crippen LogP contribution in [0.15, 0.2) is 71.1 Å². The lowest BCUT2D eigenvalue weighted by molar-refractivity contribution is -0.155. The maximum absolute atomic E-state index is 13.7. The average Bonchev–Trinajstić information content (AvgIpc) is 3.36. The maximum atomic E-state index is 13.7. The lowest BCUT2D eigenvalue weighted by Gasteiger charge is -2.22. The summed E-state index contributed by atoms with van der Waals surface area (Å²) in [6, 6.07) is 14.4. The van der Waals surface area contributed by atoms with Crippen molar-refractivity contribution < 1.29 is 32.4 Å². The van der Waals surface area contributed by atoms with Gasteiger partial charge in [-0.05, 0) is 17.7 Å². The monoisotopic (exact) mass is 457 g/mol. The highest BCUT2D eigenvalue weighted by atomic mass is 19.4. The molecule has 0 saturated carbocycles. The average molecular weight is 457 g/mol. The molecule has 0 saturated heterocycles. The highest BCUT2D eigenvalue weighted by Gasteiger charge is 2.42. The van der Waals surface area contributed by atoms with Gasteiger partial charge in [-0.1, -0.05) is 42.5 Å². The molecule has 0 spiro atoms. The summed E-state index contributed by atoms with van der Waals surface area (Å²) in [5.41, 5.74) is 2.84. The van der Waals surface area contributed by atoms with Gasteiger partial charge in [0.2, 0.25) is 0 Å². The van der Waals surface area contributed by atoms with Gasteiger partial charge in [0.05, 0.1) is 5.52 Å². The molecule has 4 rings (SSSR count). The first kappa shape index (κ1) is 22.2. The molecule has 4 aromatic rings. The molecular formula is C23H18F3N3O4. The number of benzene rings is 2. The van der Waals surface area contributed by atoms with E-state index >= 15 is 0 Å². The summed E-state index contributed by atoms with van der Waals surface area (Å²) in [6.45, 7) is 0. The first-order valence-electron chi connectivity index (χ1n) is 9.75. The van der Waals surface area contributed by atoms with Crippen molar-refractivity contribution in [2.45, 2.75) is 12.2 Å². The number of rotatable bonds is 5. The summed E-state index contributed by atoms with van der Waals surface area (Å²) < 4.78 is 48.4. The summed E-state index contributed by atoms with van der Waals surface area (Å²) >= 11 is 0.